The van der Waals surface area contributed by atoms with Crippen LogP contribution in [0.3, 0.4) is 0 Å². The van der Waals surface area contributed by atoms with E-state index in [4.69, 9.17) is 18.9 Å². The van der Waals surface area contributed by atoms with E-state index in [-0.39, 0.29) is 6.04 Å². The third kappa shape index (κ3) is 4.14. The van der Waals surface area contributed by atoms with Gasteiger partial charge in [0.1, 0.15) is 0 Å². The van der Waals surface area contributed by atoms with Crippen molar-refractivity contribution in [2.24, 2.45) is 0 Å². The van der Waals surface area contributed by atoms with Crippen molar-refractivity contribution in [3.63, 3.8) is 0 Å². The van der Waals surface area contributed by atoms with E-state index < -0.39 is 0 Å². The van der Waals surface area contributed by atoms with Gasteiger partial charge >= 0.3 is 0 Å². The topological polar surface area (TPSA) is 49.0 Å². The molecule has 0 radical (unpaired) electrons. The Morgan fingerprint density at radius 2 is 1.48 bits per heavy atom. The summed E-state index contributed by atoms with van der Waals surface area (Å²) in [5.41, 5.74) is 3.66. The number of hydrogen-bond donors (Lipinski definition) is 1. The van der Waals surface area contributed by atoms with Gasteiger partial charge < -0.3 is 24.3 Å². The minimum Gasteiger partial charge on any atom is -0.493 e. The Balaban J connectivity index is 2.02. The van der Waals surface area contributed by atoms with E-state index in [0.29, 0.717) is 19.8 Å². The lowest BCUT2D eigenvalue weighted by molar-refractivity contribution is 0.286. The molecule has 2 aromatic carbocycles. The summed E-state index contributed by atoms with van der Waals surface area (Å²) < 4.78 is 22.8. The zero-order valence-electron chi connectivity index (χ0n) is 16.6. The molecule has 1 N–H and O–H groups in total. The van der Waals surface area contributed by atoms with Crippen molar-refractivity contribution >= 4 is 0 Å². The van der Waals surface area contributed by atoms with Crippen LogP contribution in [0.2, 0.25) is 0 Å². The van der Waals surface area contributed by atoms with Gasteiger partial charge in [-0.05, 0) is 68.1 Å². The molecular weight excluding hydrogens is 342 g/mol. The zero-order valence-corrected chi connectivity index (χ0v) is 16.6. The lowest BCUT2D eigenvalue weighted by atomic mass is 9.89. The van der Waals surface area contributed by atoms with Crippen molar-refractivity contribution in [3.05, 3.63) is 47.0 Å². The third-order valence-electron chi connectivity index (χ3n) is 4.68. The predicted molar refractivity (Wildman–Crippen MR) is 106 cm³/mol. The summed E-state index contributed by atoms with van der Waals surface area (Å²) in [7, 11) is 1.66. The van der Waals surface area contributed by atoms with E-state index in [1.165, 1.54) is 11.1 Å². The molecule has 0 saturated heterocycles. The van der Waals surface area contributed by atoms with Gasteiger partial charge in [0.05, 0.1) is 33.0 Å². The molecular formula is C22H29NO4. The Hall–Kier alpha value is -2.40. The Kier molecular flexibility index (Phi) is 6.45. The summed E-state index contributed by atoms with van der Waals surface area (Å²) in [6.07, 6.45) is 0.965. The maximum absolute atomic E-state index is 5.84. The first kappa shape index (κ1) is 19.4. The fraction of sp³-hybridized carbons (Fsp3) is 0.455. The second-order valence-corrected chi connectivity index (χ2v) is 6.34. The number of rotatable bonds is 8. The molecule has 5 heteroatoms. The Bertz CT molecular complexity index is 775. The molecule has 5 nitrogen and oxygen atoms in total. The fourth-order valence-electron chi connectivity index (χ4n) is 3.54. The van der Waals surface area contributed by atoms with E-state index in [1.54, 1.807) is 7.11 Å². The molecule has 146 valence electrons. The molecule has 2 aromatic rings. The van der Waals surface area contributed by atoms with Crippen LogP contribution < -0.4 is 24.3 Å². The Labute approximate surface area is 161 Å². The van der Waals surface area contributed by atoms with Crippen molar-refractivity contribution < 1.29 is 18.9 Å². The molecule has 0 bridgehead atoms. The van der Waals surface area contributed by atoms with E-state index >= 15 is 0 Å². The Morgan fingerprint density at radius 3 is 2.11 bits per heavy atom. The van der Waals surface area contributed by atoms with E-state index in [1.807, 2.05) is 26.8 Å². The lowest BCUT2D eigenvalue weighted by Crippen LogP contribution is -2.30. The van der Waals surface area contributed by atoms with Crippen LogP contribution in [0, 0.1) is 0 Å². The molecule has 1 aliphatic rings. The largest absolute Gasteiger partial charge is 0.493 e. The smallest absolute Gasteiger partial charge is 0.161 e. The first-order chi connectivity index (χ1) is 13.2. The summed E-state index contributed by atoms with van der Waals surface area (Å²) in [5.74, 6) is 3.13. The number of nitrogens with one attached hydrogen (secondary N) is 1. The van der Waals surface area contributed by atoms with Crippen LogP contribution in [0.4, 0.5) is 0 Å². The number of benzene rings is 2. The second kappa shape index (κ2) is 9.00. The first-order valence-electron chi connectivity index (χ1n) is 9.68. The van der Waals surface area contributed by atoms with Gasteiger partial charge in [-0.25, -0.2) is 0 Å². The normalized spacial score (nSPS) is 15.8. The van der Waals surface area contributed by atoms with Gasteiger partial charge in [0.2, 0.25) is 0 Å². The highest BCUT2D eigenvalue weighted by molar-refractivity contribution is 5.53. The molecule has 1 atom stereocenters. The quantitative estimate of drug-likeness (QED) is 0.756. The van der Waals surface area contributed by atoms with Gasteiger partial charge in [0.15, 0.2) is 23.0 Å². The number of hydrogen-bond acceptors (Lipinski definition) is 5. The standard InChI is InChI=1S/C22H29NO4/c1-5-25-19-13-16(8-9-18(19)24-4)22-17-14-21(27-7-3)20(26-6-2)12-15(17)10-11-23-22/h8-9,12-14,22-23H,5-7,10-11H2,1-4H3. The van der Waals surface area contributed by atoms with Crippen LogP contribution in [-0.4, -0.2) is 33.5 Å². The SMILES string of the molecule is CCOc1cc(C2NCCc3cc(OCC)c(OCC)cc32)ccc1OC. The van der Waals surface area contributed by atoms with Crippen molar-refractivity contribution in [2.45, 2.75) is 33.2 Å². The molecule has 0 fully saturated rings. The van der Waals surface area contributed by atoms with Gasteiger partial charge in [0, 0.05) is 6.54 Å². The zero-order chi connectivity index (χ0) is 19.2. The minimum absolute atomic E-state index is 0.0775. The Morgan fingerprint density at radius 1 is 0.852 bits per heavy atom. The fourth-order valence-corrected chi connectivity index (χ4v) is 3.54. The summed E-state index contributed by atoms with van der Waals surface area (Å²) >= 11 is 0. The summed E-state index contributed by atoms with van der Waals surface area (Å²) in [5, 5.41) is 3.63. The van der Waals surface area contributed by atoms with Crippen LogP contribution >= 0.6 is 0 Å². The van der Waals surface area contributed by atoms with Gasteiger partial charge in [-0.15, -0.1) is 0 Å². The highest BCUT2D eigenvalue weighted by atomic mass is 16.5. The average Bonchev–Trinajstić information content (AvgIpc) is 2.68. The van der Waals surface area contributed by atoms with Crippen LogP contribution in [0.5, 0.6) is 23.0 Å². The van der Waals surface area contributed by atoms with Crippen LogP contribution in [0.15, 0.2) is 30.3 Å². The first-order valence-corrected chi connectivity index (χ1v) is 9.68. The van der Waals surface area contributed by atoms with Crippen LogP contribution in [-0.2, 0) is 6.42 Å². The van der Waals surface area contributed by atoms with Crippen molar-refractivity contribution in [2.75, 3.05) is 33.5 Å². The van der Waals surface area contributed by atoms with Crippen molar-refractivity contribution in [1.29, 1.82) is 0 Å². The monoisotopic (exact) mass is 371 g/mol. The minimum atomic E-state index is 0.0775. The van der Waals surface area contributed by atoms with Crippen LogP contribution in [0.25, 0.3) is 0 Å². The maximum Gasteiger partial charge on any atom is 0.161 e. The average molecular weight is 371 g/mol. The second-order valence-electron chi connectivity index (χ2n) is 6.34. The van der Waals surface area contributed by atoms with Gasteiger partial charge in [-0.3, -0.25) is 0 Å². The van der Waals surface area contributed by atoms with Crippen molar-refractivity contribution in [3.8, 4) is 23.0 Å². The highest BCUT2D eigenvalue weighted by Gasteiger charge is 2.25. The van der Waals surface area contributed by atoms with Crippen LogP contribution in [0.1, 0.15) is 43.5 Å². The summed E-state index contributed by atoms with van der Waals surface area (Å²) in [6, 6.07) is 10.4. The molecule has 1 heterocycles. The number of ether oxygens (including phenoxy) is 4. The molecule has 0 spiro atoms. The summed E-state index contributed by atoms with van der Waals surface area (Å²) in [4.78, 5) is 0. The van der Waals surface area contributed by atoms with Gasteiger partial charge in [0.25, 0.3) is 0 Å². The summed E-state index contributed by atoms with van der Waals surface area (Å²) in [6.45, 7) is 8.69. The molecule has 0 saturated carbocycles. The van der Waals surface area contributed by atoms with E-state index in [0.717, 1.165) is 41.5 Å². The van der Waals surface area contributed by atoms with Gasteiger partial charge in [-0.2, -0.15) is 0 Å². The molecule has 1 aliphatic heterocycles. The van der Waals surface area contributed by atoms with Gasteiger partial charge in [-0.1, -0.05) is 6.07 Å². The lowest BCUT2D eigenvalue weighted by Gasteiger charge is -2.29. The molecule has 1 unspecified atom stereocenters. The van der Waals surface area contributed by atoms with Crippen molar-refractivity contribution in [1.82, 2.24) is 5.32 Å². The molecule has 0 amide bonds. The third-order valence-corrected chi connectivity index (χ3v) is 4.68. The van der Waals surface area contributed by atoms with E-state index in [2.05, 4.69) is 29.6 Å². The molecule has 3 rings (SSSR count). The number of methoxy groups -OCH3 is 1. The molecule has 0 aromatic heterocycles. The molecule has 27 heavy (non-hydrogen) atoms. The highest BCUT2D eigenvalue weighted by Crippen LogP contribution is 2.39. The van der Waals surface area contributed by atoms with E-state index in [9.17, 15) is 0 Å². The molecule has 0 aliphatic carbocycles. The predicted octanol–water partition coefficient (Wildman–Crippen LogP) is 4.13. The number of fused-ring (bicyclic) bond motifs is 1. The maximum atomic E-state index is 5.84.